The maximum absolute atomic E-state index is 12.4. The molecule has 4 rings (SSSR count). The van der Waals surface area contributed by atoms with E-state index in [1.807, 2.05) is 0 Å². The van der Waals surface area contributed by atoms with Crippen LogP contribution < -0.4 is 10.6 Å². The molecule has 0 unspecified atom stereocenters. The minimum Gasteiger partial charge on any atom is -0.441 e. The second-order valence-corrected chi connectivity index (χ2v) is 6.21. The number of hydrogen-bond donors (Lipinski definition) is 2. The van der Waals surface area contributed by atoms with Crippen molar-refractivity contribution >= 4 is 34.6 Å². The molecule has 1 aliphatic rings. The molecule has 8 heteroatoms. The Balaban J connectivity index is 1.45. The van der Waals surface area contributed by atoms with Crippen molar-refractivity contribution in [3.05, 3.63) is 59.5 Å². The number of hydrogen-bond acceptors (Lipinski definition) is 5. The van der Waals surface area contributed by atoms with E-state index in [2.05, 4.69) is 15.6 Å². The fourth-order valence-electron chi connectivity index (χ4n) is 2.88. The minimum absolute atomic E-state index is 0.0225. The van der Waals surface area contributed by atoms with Gasteiger partial charge in [0.15, 0.2) is 11.5 Å². The maximum Gasteiger partial charge on any atom is 0.324 e. The predicted octanol–water partition coefficient (Wildman–Crippen LogP) is 2.44. The fraction of sp³-hybridized carbons (Fsp3) is 0.158. The number of aromatic nitrogens is 1. The van der Waals surface area contributed by atoms with E-state index in [1.54, 1.807) is 49.4 Å². The topological polar surface area (TPSA) is 105 Å². The summed E-state index contributed by atoms with van der Waals surface area (Å²) in [5, 5.41) is 5.29. The highest BCUT2D eigenvalue weighted by Crippen LogP contribution is 2.20. The first-order chi connectivity index (χ1) is 13.0. The van der Waals surface area contributed by atoms with E-state index >= 15 is 0 Å². The molecule has 27 heavy (non-hydrogen) atoms. The quantitative estimate of drug-likeness (QED) is 0.692. The standard InChI is InChI=1S/C19H16N4O4/c1-11-21-15-8-14(6-7-16(15)27-11)22-18(25)13-4-2-12(3-5-13)10-23-17(24)9-20-19(23)26/h2-8H,9-10H2,1H3,(H,20,26)(H,22,25). The Morgan fingerprint density at radius 2 is 2.00 bits per heavy atom. The Hall–Kier alpha value is -3.68. The Morgan fingerprint density at radius 3 is 2.70 bits per heavy atom. The SMILES string of the molecule is Cc1nc2cc(NC(=O)c3ccc(CN4C(=O)CNC4=O)cc3)ccc2o1. The van der Waals surface area contributed by atoms with Gasteiger partial charge in [-0.25, -0.2) is 9.78 Å². The van der Waals surface area contributed by atoms with E-state index in [1.165, 1.54) is 0 Å². The first kappa shape index (κ1) is 16.8. The molecule has 136 valence electrons. The molecule has 8 nitrogen and oxygen atoms in total. The van der Waals surface area contributed by atoms with Gasteiger partial charge in [-0.2, -0.15) is 0 Å². The highest BCUT2D eigenvalue weighted by atomic mass is 16.3. The van der Waals surface area contributed by atoms with Crippen molar-refractivity contribution in [2.45, 2.75) is 13.5 Å². The number of fused-ring (bicyclic) bond motifs is 1. The molecule has 0 radical (unpaired) electrons. The molecule has 1 aliphatic heterocycles. The molecule has 1 aromatic heterocycles. The Labute approximate surface area is 154 Å². The number of carbonyl (C=O) groups is 3. The summed E-state index contributed by atoms with van der Waals surface area (Å²) in [6, 6.07) is 11.6. The summed E-state index contributed by atoms with van der Waals surface area (Å²) in [5.74, 6) is 0.0330. The van der Waals surface area contributed by atoms with Gasteiger partial charge in [0.2, 0.25) is 5.91 Å². The maximum atomic E-state index is 12.4. The number of rotatable bonds is 4. The summed E-state index contributed by atoms with van der Waals surface area (Å²) in [6.07, 6.45) is 0. The molecule has 2 heterocycles. The van der Waals surface area contributed by atoms with Crippen LogP contribution in [0.25, 0.3) is 11.1 Å². The molecule has 3 aromatic rings. The predicted molar refractivity (Wildman–Crippen MR) is 97.1 cm³/mol. The molecular formula is C19H16N4O4. The van der Waals surface area contributed by atoms with Gasteiger partial charge in [-0.3, -0.25) is 14.5 Å². The number of amides is 4. The second-order valence-electron chi connectivity index (χ2n) is 6.21. The zero-order chi connectivity index (χ0) is 19.0. The number of urea groups is 1. The van der Waals surface area contributed by atoms with E-state index in [0.29, 0.717) is 28.2 Å². The van der Waals surface area contributed by atoms with E-state index < -0.39 is 6.03 Å². The highest BCUT2D eigenvalue weighted by Gasteiger charge is 2.28. The van der Waals surface area contributed by atoms with Gasteiger partial charge >= 0.3 is 6.03 Å². The third kappa shape index (κ3) is 3.37. The van der Waals surface area contributed by atoms with Crippen LogP contribution in [0.5, 0.6) is 0 Å². The minimum atomic E-state index is -0.402. The van der Waals surface area contributed by atoms with Crippen LogP contribution in [0, 0.1) is 6.92 Å². The lowest BCUT2D eigenvalue weighted by Crippen LogP contribution is -2.30. The average Bonchev–Trinajstić information content (AvgIpc) is 3.17. The summed E-state index contributed by atoms with van der Waals surface area (Å²) < 4.78 is 5.42. The molecule has 2 aromatic carbocycles. The summed E-state index contributed by atoms with van der Waals surface area (Å²) in [6.45, 7) is 1.96. The van der Waals surface area contributed by atoms with Crippen LogP contribution in [0.4, 0.5) is 10.5 Å². The zero-order valence-corrected chi connectivity index (χ0v) is 14.5. The van der Waals surface area contributed by atoms with Gasteiger partial charge in [0, 0.05) is 18.2 Å². The number of benzene rings is 2. The number of carbonyl (C=O) groups excluding carboxylic acids is 3. The van der Waals surface area contributed by atoms with E-state index in [0.717, 1.165) is 10.5 Å². The van der Waals surface area contributed by atoms with Gasteiger partial charge in [0.1, 0.15) is 5.52 Å². The number of aryl methyl sites for hydroxylation is 1. The third-order valence-electron chi connectivity index (χ3n) is 4.25. The van der Waals surface area contributed by atoms with Crippen molar-refractivity contribution in [2.24, 2.45) is 0 Å². The largest absolute Gasteiger partial charge is 0.441 e. The van der Waals surface area contributed by atoms with Crippen LogP contribution in [-0.2, 0) is 11.3 Å². The lowest BCUT2D eigenvalue weighted by molar-refractivity contribution is -0.125. The molecule has 0 saturated carbocycles. The smallest absolute Gasteiger partial charge is 0.324 e. The van der Waals surface area contributed by atoms with Crippen molar-refractivity contribution in [3.63, 3.8) is 0 Å². The molecule has 1 saturated heterocycles. The molecule has 2 N–H and O–H groups in total. The first-order valence-electron chi connectivity index (χ1n) is 8.35. The molecule has 0 atom stereocenters. The monoisotopic (exact) mass is 364 g/mol. The lowest BCUT2D eigenvalue weighted by Gasteiger charge is -2.12. The number of nitrogens with zero attached hydrogens (tertiary/aromatic N) is 2. The Morgan fingerprint density at radius 1 is 1.22 bits per heavy atom. The molecule has 0 spiro atoms. The molecule has 0 aliphatic carbocycles. The van der Waals surface area contributed by atoms with E-state index in [4.69, 9.17) is 4.42 Å². The summed E-state index contributed by atoms with van der Waals surface area (Å²) in [5.41, 5.74) is 3.18. The van der Waals surface area contributed by atoms with Crippen molar-refractivity contribution < 1.29 is 18.8 Å². The van der Waals surface area contributed by atoms with Gasteiger partial charge in [-0.15, -0.1) is 0 Å². The average molecular weight is 364 g/mol. The van der Waals surface area contributed by atoms with Gasteiger partial charge in [-0.1, -0.05) is 12.1 Å². The van der Waals surface area contributed by atoms with Crippen molar-refractivity contribution in [3.8, 4) is 0 Å². The summed E-state index contributed by atoms with van der Waals surface area (Å²) in [4.78, 5) is 41.0. The van der Waals surface area contributed by atoms with Crippen LogP contribution >= 0.6 is 0 Å². The van der Waals surface area contributed by atoms with Crippen LogP contribution in [0.15, 0.2) is 46.9 Å². The van der Waals surface area contributed by atoms with Gasteiger partial charge < -0.3 is 15.1 Å². The molecule has 4 amide bonds. The fourth-order valence-corrected chi connectivity index (χ4v) is 2.88. The lowest BCUT2D eigenvalue weighted by atomic mass is 10.1. The van der Waals surface area contributed by atoms with Gasteiger partial charge in [-0.05, 0) is 35.9 Å². The third-order valence-corrected chi connectivity index (χ3v) is 4.25. The normalized spacial score (nSPS) is 13.9. The van der Waals surface area contributed by atoms with E-state index in [9.17, 15) is 14.4 Å². The van der Waals surface area contributed by atoms with Crippen LogP contribution in [0.1, 0.15) is 21.8 Å². The Bertz CT molecular complexity index is 1040. The molecule has 0 bridgehead atoms. The van der Waals surface area contributed by atoms with Crippen molar-refractivity contribution in [1.29, 1.82) is 0 Å². The van der Waals surface area contributed by atoms with E-state index in [-0.39, 0.29) is 24.9 Å². The first-order valence-corrected chi connectivity index (χ1v) is 8.35. The zero-order valence-electron chi connectivity index (χ0n) is 14.5. The second kappa shape index (κ2) is 6.56. The highest BCUT2D eigenvalue weighted by molar-refractivity contribution is 6.05. The van der Waals surface area contributed by atoms with Gasteiger partial charge in [0.25, 0.3) is 5.91 Å². The number of oxazole rings is 1. The number of imide groups is 1. The molecular weight excluding hydrogens is 348 g/mol. The number of nitrogens with one attached hydrogen (secondary N) is 2. The Kier molecular flexibility index (Phi) is 4.08. The van der Waals surface area contributed by atoms with Crippen LogP contribution in [0.2, 0.25) is 0 Å². The van der Waals surface area contributed by atoms with Crippen LogP contribution in [-0.4, -0.2) is 34.3 Å². The summed E-state index contributed by atoms with van der Waals surface area (Å²) in [7, 11) is 0. The van der Waals surface area contributed by atoms with Crippen molar-refractivity contribution in [2.75, 3.05) is 11.9 Å². The molecule has 1 fully saturated rings. The van der Waals surface area contributed by atoms with Crippen molar-refractivity contribution in [1.82, 2.24) is 15.2 Å². The van der Waals surface area contributed by atoms with Crippen LogP contribution in [0.3, 0.4) is 0 Å². The summed E-state index contributed by atoms with van der Waals surface area (Å²) >= 11 is 0. The van der Waals surface area contributed by atoms with Gasteiger partial charge in [0.05, 0.1) is 13.1 Å². The number of anilines is 1.